The van der Waals surface area contributed by atoms with Gasteiger partial charge in [0, 0.05) is 29.5 Å². The molecule has 1 aromatic carbocycles. The van der Waals surface area contributed by atoms with E-state index in [1.807, 2.05) is 0 Å². The number of benzene rings is 1. The Kier molecular flexibility index (Phi) is 3.34. The van der Waals surface area contributed by atoms with Gasteiger partial charge in [-0.25, -0.2) is 9.97 Å². The minimum Gasteiger partial charge on any atom is -0.424 e. The van der Waals surface area contributed by atoms with Gasteiger partial charge in [0.15, 0.2) is 0 Å². The van der Waals surface area contributed by atoms with E-state index in [1.165, 1.54) is 0 Å². The molecule has 2 aromatic rings. The Morgan fingerprint density at radius 2 is 1.75 bits per heavy atom. The van der Waals surface area contributed by atoms with E-state index in [0.29, 0.717) is 23.3 Å². The summed E-state index contributed by atoms with van der Waals surface area (Å²) in [5.74, 6) is 0.643. The first-order valence-corrected chi connectivity index (χ1v) is 5.10. The Bertz CT molecular complexity index is 456. The average Bonchev–Trinajstić information content (AvgIpc) is 2.33. The van der Waals surface area contributed by atoms with Gasteiger partial charge in [0.2, 0.25) is 0 Å². The molecule has 0 atom stereocenters. The predicted molar refractivity (Wildman–Crippen MR) is 61.4 cm³/mol. The number of nitrogens with zero attached hydrogens (tertiary/aromatic N) is 2. The van der Waals surface area contributed by atoms with Crippen LogP contribution in [-0.4, -0.2) is 9.97 Å². The number of hydrogen-bond acceptors (Lipinski definition) is 4. The Morgan fingerprint density at radius 3 is 2.31 bits per heavy atom. The lowest BCUT2D eigenvalue weighted by Crippen LogP contribution is -1.99. The fourth-order valence-corrected chi connectivity index (χ4v) is 1.24. The molecule has 0 radical (unpaired) electrons. The van der Waals surface area contributed by atoms with Gasteiger partial charge in [0.1, 0.15) is 5.75 Å². The number of aromatic nitrogens is 2. The molecule has 0 aliphatic heterocycles. The standard InChI is InChI=1S/C11H10ClN3O/c12-9-1-3-10(4-2-9)16-11-14-6-8(5-13)7-15-11/h1-4,6-7H,5,13H2. The summed E-state index contributed by atoms with van der Waals surface area (Å²) in [7, 11) is 0. The van der Waals surface area contributed by atoms with E-state index in [0.717, 1.165) is 5.56 Å². The molecule has 0 amide bonds. The SMILES string of the molecule is NCc1cnc(Oc2ccc(Cl)cc2)nc1. The highest BCUT2D eigenvalue weighted by molar-refractivity contribution is 6.30. The van der Waals surface area contributed by atoms with Crippen molar-refractivity contribution in [1.82, 2.24) is 9.97 Å². The van der Waals surface area contributed by atoms with Crippen LogP contribution in [0.25, 0.3) is 0 Å². The summed E-state index contributed by atoms with van der Waals surface area (Å²) in [6, 6.07) is 7.28. The number of ether oxygens (including phenoxy) is 1. The summed E-state index contributed by atoms with van der Waals surface area (Å²) in [5.41, 5.74) is 6.30. The lowest BCUT2D eigenvalue weighted by atomic mass is 10.3. The van der Waals surface area contributed by atoms with Crippen LogP contribution in [0.1, 0.15) is 5.56 Å². The number of halogens is 1. The molecular weight excluding hydrogens is 226 g/mol. The number of nitrogens with two attached hydrogens (primary N) is 1. The molecule has 16 heavy (non-hydrogen) atoms. The smallest absolute Gasteiger partial charge is 0.321 e. The van der Waals surface area contributed by atoms with Gasteiger partial charge in [-0.1, -0.05) is 11.6 Å². The Labute approximate surface area is 98.0 Å². The third-order valence-electron chi connectivity index (χ3n) is 1.94. The van der Waals surface area contributed by atoms with Crippen molar-refractivity contribution in [3.63, 3.8) is 0 Å². The first-order chi connectivity index (χ1) is 7.78. The summed E-state index contributed by atoms with van der Waals surface area (Å²) in [5, 5.41) is 0.659. The topological polar surface area (TPSA) is 61.0 Å². The van der Waals surface area contributed by atoms with Gasteiger partial charge < -0.3 is 10.5 Å². The van der Waals surface area contributed by atoms with Crippen LogP contribution in [0.15, 0.2) is 36.7 Å². The van der Waals surface area contributed by atoms with Crippen molar-refractivity contribution in [3.8, 4) is 11.8 Å². The summed E-state index contributed by atoms with van der Waals surface area (Å²) in [6.45, 7) is 0.418. The monoisotopic (exact) mass is 235 g/mol. The second kappa shape index (κ2) is 4.92. The molecule has 1 heterocycles. The predicted octanol–water partition coefficient (Wildman–Crippen LogP) is 2.38. The maximum atomic E-state index is 5.75. The highest BCUT2D eigenvalue weighted by Crippen LogP contribution is 2.19. The maximum absolute atomic E-state index is 5.75. The zero-order chi connectivity index (χ0) is 11.4. The first-order valence-electron chi connectivity index (χ1n) is 4.72. The largest absolute Gasteiger partial charge is 0.424 e. The quantitative estimate of drug-likeness (QED) is 0.887. The third kappa shape index (κ3) is 2.68. The molecule has 0 bridgehead atoms. The first kappa shape index (κ1) is 10.9. The molecule has 0 spiro atoms. The highest BCUT2D eigenvalue weighted by atomic mass is 35.5. The molecule has 0 saturated carbocycles. The maximum Gasteiger partial charge on any atom is 0.321 e. The van der Waals surface area contributed by atoms with E-state index in [1.54, 1.807) is 36.7 Å². The highest BCUT2D eigenvalue weighted by Gasteiger charge is 2.00. The van der Waals surface area contributed by atoms with Crippen molar-refractivity contribution >= 4 is 11.6 Å². The van der Waals surface area contributed by atoms with Gasteiger partial charge >= 0.3 is 6.01 Å². The Balaban J connectivity index is 2.11. The van der Waals surface area contributed by atoms with Gasteiger partial charge in [0.05, 0.1) is 0 Å². The van der Waals surface area contributed by atoms with Crippen molar-refractivity contribution in [2.24, 2.45) is 5.73 Å². The lowest BCUT2D eigenvalue weighted by Gasteiger charge is -2.03. The second-order valence-corrected chi connectivity index (χ2v) is 3.57. The van der Waals surface area contributed by atoms with Gasteiger partial charge in [-0.05, 0) is 24.3 Å². The van der Waals surface area contributed by atoms with E-state index < -0.39 is 0 Å². The zero-order valence-electron chi connectivity index (χ0n) is 8.43. The van der Waals surface area contributed by atoms with Crippen molar-refractivity contribution in [2.45, 2.75) is 6.54 Å². The molecule has 2 N–H and O–H groups in total. The lowest BCUT2D eigenvalue weighted by molar-refractivity contribution is 0.441. The van der Waals surface area contributed by atoms with E-state index in [2.05, 4.69) is 9.97 Å². The van der Waals surface area contributed by atoms with Gasteiger partial charge in [-0.15, -0.1) is 0 Å². The summed E-state index contributed by atoms with van der Waals surface area (Å²) >= 11 is 5.75. The van der Waals surface area contributed by atoms with Crippen molar-refractivity contribution in [2.75, 3.05) is 0 Å². The molecule has 1 aromatic heterocycles. The molecule has 0 aliphatic carbocycles. The Morgan fingerprint density at radius 1 is 1.12 bits per heavy atom. The minimum atomic E-state index is 0.291. The zero-order valence-corrected chi connectivity index (χ0v) is 9.19. The van der Waals surface area contributed by atoms with Crippen LogP contribution in [0.2, 0.25) is 5.02 Å². The molecule has 2 rings (SSSR count). The minimum absolute atomic E-state index is 0.291. The number of hydrogen-bond donors (Lipinski definition) is 1. The van der Waals surface area contributed by atoms with Crippen LogP contribution < -0.4 is 10.5 Å². The molecule has 0 fully saturated rings. The molecule has 4 nitrogen and oxygen atoms in total. The molecule has 5 heteroatoms. The fourth-order valence-electron chi connectivity index (χ4n) is 1.11. The van der Waals surface area contributed by atoms with Crippen LogP contribution in [0.5, 0.6) is 11.8 Å². The van der Waals surface area contributed by atoms with Gasteiger partial charge in [-0.3, -0.25) is 0 Å². The molecule has 0 saturated heterocycles. The van der Waals surface area contributed by atoms with Crippen molar-refractivity contribution < 1.29 is 4.74 Å². The van der Waals surface area contributed by atoms with Crippen molar-refractivity contribution in [1.29, 1.82) is 0 Å². The van der Waals surface area contributed by atoms with Crippen molar-refractivity contribution in [3.05, 3.63) is 47.2 Å². The van der Waals surface area contributed by atoms with Crippen LogP contribution >= 0.6 is 11.6 Å². The van der Waals surface area contributed by atoms with Crippen LogP contribution in [0.3, 0.4) is 0 Å². The van der Waals surface area contributed by atoms with E-state index >= 15 is 0 Å². The Hall–Kier alpha value is -1.65. The van der Waals surface area contributed by atoms with E-state index in [-0.39, 0.29) is 0 Å². The molecule has 0 unspecified atom stereocenters. The second-order valence-electron chi connectivity index (χ2n) is 3.13. The van der Waals surface area contributed by atoms with Crippen LogP contribution in [0, 0.1) is 0 Å². The van der Waals surface area contributed by atoms with Crippen LogP contribution in [-0.2, 0) is 6.54 Å². The molecule has 82 valence electrons. The summed E-state index contributed by atoms with van der Waals surface area (Å²) in [6.07, 6.45) is 3.27. The molecule has 0 aliphatic rings. The summed E-state index contributed by atoms with van der Waals surface area (Å²) < 4.78 is 5.41. The average molecular weight is 236 g/mol. The molecular formula is C11H10ClN3O. The number of rotatable bonds is 3. The van der Waals surface area contributed by atoms with Gasteiger partial charge in [-0.2, -0.15) is 0 Å². The van der Waals surface area contributed by atoms with Gasteiger partial charge in [0.25, 0.3) is 0 Å². The third-order valence-corrected chi connectivity index (χ3v) is 2.19. The van der Waals surface area contributed by atoms with Crippen LogP contribution in [0.4, 0.5) is 0 Å². The summed E-state index contributed by atoms with van der Waals surface area (Å²) in [4.78, 5) is 8.04. The normalized spacial score (nSPS) is 10.1. The van der Waals surface area contributed by atoms with E-state index in [9.17, 15) is 0 Å². The van der Waals surface area contributed by atoms with E-state index in [4.69, 9.17) is 22.1 Å². The fraction of sp³-hybridized carbons (Fsp3) is 0.0909.